The summed E-state index contributed by atoms with van der Waals surface area (Å²) in [6.45, 7) is 6.33. The van der Waals surface area contributed by atoms with Gasteiger partial charge in [-0.3, -0.25) is 0 Å². The summed E-state index contributed by atoms with van der Waals surface area (Å²) in [7, 11) is 1.86. The third-order valence-electron chi connectivity index (χ3n) is 8.92. The first-order chi connectivity index (χ1) is 15.7. The van der Waals surface area contributed by atoms with Gasteiger partial charge in [-0.1, -0.05) is 88.3 Å². The fourth-order valence-electron chi connectivity index (χ4n) is 6.64. The molecule has 1 aromatic carbocycles. The standard InChI is InChI=1S/C31H50O/c1-4-5-7-10-26-16-20-28(21-17-26)29-22-18-27(19-23-29)15-13-25(2)14-24-31(32-3)30-11-8-6-9-12-30/h4,6,8-9,11-12,25-29,31H,1,5,7,10,13-24H2,2-3H3/t25?,26-,27?,28-,29?,31?. The summed E-state index contributed by atoms with van der Waals surface area (Å²) in [6.07, 6.45) is 23.7. The van der Waals surface area contributed by atoms with Crippen LogP contribution in [0.4, 0.5) is 0 Å². The van der Waals surface area contributed by atoms with Gasteiger partial charge in [0.15, 0.2) is 0 Å². The second-order valence-corrected chi connectivity index (χ2v) is 11.2. The lowest BCUT2D eigenvalue weighted by atomic mass is 9.68. The van der Waals surface area contributed by atoms with E-state index in [0.717, 1.165) is 36.0 Å². The molecule has 2 fully saturated rings. The van der Waals surface area contributed by atoms with Crippen molar-refractivity contribution in [1.82, 2.24) is 0 Å². The maximum Gasteiger partial charge on any atom is 0.0821 e. The zero-order valence-corrected chi connectivity index (χ0v) is 21.2. The number of benzene rings is 1. The van der Waals surface area contributed by atoms with Crippen molar-refractivity contribution in [1.29, 1.82) is 0 Å². The highest BCUT2D eigenvalue weighted by Crippen LogP contribution is 2.43. The maximum absolute atomic E-state index is 5.78. The molecule has 0 saturated heterocycles. The van der Waals surface area contributed by atoms with Gasteiger partial charge in [-0.2, -0.15) is 0 Å². The summed E-state index contributed by atoms with van der Waals surface area (Å²) in [6, 6.07) is 10.7. The molecule has 2 aliphatic rings. The van der Waals surface area contributed by atoms with Crippen molar-refractivity contribution in [2.75, 3.05) is 7.11 Å². The normalized spacial score (nSPS) is 28.2. The Labute approximate surface area is 199 Å². The van der Waals surface area contributed by atoms with E-state index in [2.05, 4.69) is 49.9 Å². The van der Waals surface area contributed by atoms with Gasteiger partial charge in [0.25, 0.3) is 0 Å². The number of hydrogen-bond acceptors (Lipinski definition) is 1. The van der Waals surface area contributed by atoms with E-state index in [0.29, 0.717) is 0 Å². The molecule has 3 rings (SSSR count). The summed E-state index contributed by atoms with van der Waals surface area (Å²) < 4.78 is 5.78. The summed E-state index contributed by atoms with van der Waals surface area (Å²) >= 11 is 0. The Morgan fingerprint density at radius 2 is 1.44 bits per heavy atom. The van der Waals surface area contributed by atoms with Crippen LogP contribution in [0.5, 0.6) is 0 Å². The van der Waals surface area contributed by atoms with E-state index in [1.54, 1.807) is 0 Å². The fraction of sp³-hybridized carbons (Fsp3) is 0.742. The van der Waals surface area contributed by atoms with E-state index in [-0.39, 0.29) is 6.10 Å². The Morgan fingerprint density at radius 3 is 2.00 bits per heavy atom. The minimum Gasteiger partial charge on any atom is -0.377 e. The topological polar surface area (TPSA) is 9.23 Å². The van der Waals surface area contributed by atoms with Gasteiger partial charge in [-0.15, -0.1) is 6.58 Å². The molecule has 0 aliphatic heterocycles. The largest absolute Gasteiger partial charge is 0.377 e. The summed E-state index contributed by atoms with van der Waals surface area (Å²) in [4.78, 5) is 0. The van der Waals surface area contributed by atoms with E-state index < -0.39 is 0 Å². The van der Waals surface area contributed by atoms with Crippen LogP contribution in [0.2, 0.25) is 0 Å². The van der Waals surface area contributed by atoms with Gasteiger partial charge < -0.3 is 4.74 Å². The molecule has 32 heavy (non-hydrogen) atoms. The Hall–Kier alpha value is -1.08. The average Bonchev–Trinajstić information content (AvgIpc) is 2.85. The molecular formula is C31H50O. The molecule has 0 amide bonds. The van der Waals surface area contributed by atoms with E-state index in [4.69, 9.17) is 4.74 Å². The SMILES string of the molecule is C=CCCC[C@H]1CC[C@H](C2CCC(CCC(C)CCC(OC)c3ccccc3)CC2)CC1. The quantitative estimate of drug-likeness (QED) is 0.220. The van der Waals surface area contributed by atoms with Crippen molar-refractivity contribution in [3.8, 4) is 0 Å². The number of ether oxygens (including phenoxy) is 1. The van der Waals surface area contributed by atoms with Gasteiger partial charge in [-0.05, 0) is 86.5 Å². The molecule has 1 heteroatoms. The zero-order chi connectivity index (χ0) is 22.6. The van der Waals surface area contributed by atoms with Crippen molar-refractivity contribution in [2.24, 2.45) is 29.6 Å². The molecule has 2 saturated carbocycles. The summed E-state index contributed by atoms with van der Waals surface area (Å²) in [5.74, 6) is 4.92. The molecule has 0 N–H and O–H groups in total. The number of allylic oxidation sites excluding steroid dienone is 1. The van der Waals surface area contributed by atoms with E-state index in [1.165, 1.54) is 95.5 Å². The minimum absolute atomic E-state index is 0.256. The van der Waals surface area contributed by atoms with E-state index in [9.17, 15) is 0 Å². The molecule has 1 nitrogen and oxygen atoms in total. The van der Waals surface area contributed by atoms with Gasteiger partial charge in [0.05, 0.1) is 6.10 Å². The smallest absolute Gasteiger partial charge is 0.0821 e. The second-order valence-electron chi connectivity index (χ2n) is 11.2. The first kappa shape index (κ1) is 25.5. The van der Waals surface area contributed by atoms with E-state index in [1.807, 2.05) is 7.11 Å². The van der Waals surface area contributed by atoms with Crippen molar-refractivity contribution in [2.45, 2.75) is 109 Å². The Balaban J connectivity index is 1.28. The second kappa shape index (κ2) is 14.2. The summed E-state index contributed by atoms with van der Waals surface area (Å²) in [5.41, 5.74) is 1.33. The van der Waals surface area contributed by atoms with Crippen LogP contribution in [0.3, 0.4) is 0 Å². The lowest BCUT2D eigenvalue weighted by molar-refractivity contribution is 0.0886. The van der Waals surface area contributed by atoms with Crippen LogP contribution < -0.4 is 0 Å². The number of methoxy groups -OCH3 is 1. The molecule has 0 spiro atoms. The Bertz CT molecular complexity index is 607. The first-order valence-corrected chi connectivity index (χ1v) is 13.9. The van der Waals surface area contributed by atoms with Gasteiger partial charge in [0.1, 0.15) is 0 Å². The van der Waals surface area contributed by atoms with Crippen LogP contribution >= 0.6 is 0 Å². The molecule has 0 bridgehead atoms. The highest BCUT2D eigenvalue weighted by molar-refractivity contribution is 5.17. The molecule has 2 unspecified atom stereocenters. The molecule has 2 atom stereocenters. The molecule has 0 heterocycles. The van der Waals surface area contributed by atoms with Gasteiger partial charge in [0, 0.05) is 7.11 Å². The van der Waals surface area contributed by atoms with Crippen LogP contribution in [0, 0.1) is 29.6 Å². The molecule has 0 radical (unpaired) electrons. The maximum atomic E-state index is 5.78. The molecule has 0 aromatic heterocycles. The monoisotopic (exact) mass is 438 g/mol. The minimum atomic E-state index is 0.256. The summed E-state index contributed by atoms with van der Waals surface area (Å²) in [5, 5.41) is 0. The van der Waals surface area contributed by atoms with Gasteiger partial charge in [0.2, 0.25) is 0 Å². The van der Waals surface area contributed by atoms with Crippen LogP contribution in [0.1, 0.15) is 115 Å². The number of hydrogen-bond donors (Lipinski definition) is 0. The highest BCUT2D eigenvalue weighted by Gasteiger charge is 2.30. The zero-order valence-electron chi connectivity index (χ0n) is 21.2. The van der Waals surface area contributed by atoms with Crippen molar-refractivity contribution in [3.05, 3.63) is 48.6 Å². The van der Waals surface area contributed by atoms with Crippen molar-refractivity contribution < 1.29 is 4.74 Å². The Morgan fingerprint density at radius 1 is 0.844 bits per heavy atom. The average molecular weight is 439 g/mol. The van der Waals surface area contributed by atoms with Crippen molar-refractivity contribution >= 4 is 0 Å². The molecule has 180 valence electrons. The number of unbranched alkanes of at least 4 members (excludes halogenated alkanes) is 1. The highest BCUT2D eigenvalue weighted by atomic mass is 16.5. The third-order valence-corrected chi connectivity index (χ3v) is 8.92. The Kier molecular flexibility index (Phi) is 11.4. The predicted octanol–water partition coefficient (Wildman–Crippen LogP) is 9.54. The van der Waals surface area contributed by atoms with Crippen LogP contribution in [-0.2, 0) is 4.74 Å². The van der Waals surface area contributed by atoms with Gasteiger partial charge in [-0.25, -0.2) is 0 Å². The number of rotatable bonds is 13. The molecule has 2 aliphatic carbocycles. The molecular weight excluding hydrogens is 388 g/mol. The van der Waals surface area contributed by atoms with Crippen LogP contribution in [-0.4, -0.2) is 7.11 Å². The van der Waals surface area contributed by atoms with Crippen molar-refractivity contribution in [3.63, 3.8) is 0 Å². The van der Waals surface area contributed by atoms with Gasteiger partial charge >= 0.3 is 0 Å². The lowest BCUT2D eigenvalue weighted by Gasteiger charge is -2.38. The predicted molar refractivity (Wildman–Crippen MR) is 139 cm³/mol. The van der Waals surface area contributed by atoms with Crippen LogP contribution in [0.15, 0.2) is 43.0 Å². The van der Waals surface area contributed by atoms with E-state index >= 15 is 0 Å². The lowest BCUT2D eigenvalue weighted by Crippen LogP contribution is -2.26. The molecule has 1 aromatic rings. The third kappa shape index (κ3) is 8.36. The fourth-order valence-corrected chi connectivity index (χ4v) is 6.64. The first-order valence-electron chi connectivity index (χ1n) is 13.9. The van der Waals surface area contributed by atoms with Crippen LogP contribution in [0.25, 0.3) is 0 Å².